The first kappa shape index (κ1) is 16.0. The molecule has 112 valence electrons. The van der Waals surface area contributed by atoms with Gasteiger partial charge in [0.15, 0.2) is 0 Å². The third-order valence-corrected chi connectivity index (χ3v) is 6.58. The number of benzene rings is 1. The molecule has 1 aliphatic heterocycles. The van der Waals surface area contributed by atoms with E-state index in [4.69, 9.17) is 23.2 Å². The lowest BCUT2D eigenvalue weighted by atomic mass is 10.2. The summed E-state index contributed by atoms with van der Waals surface area (Å²) in [4.78, 5) is 0.0213. The van der Waals surface area contributed by atoms with E-state index in [1.807, 2.05) is 6.92 Å². The van der Waals surface area contributed by atoms with Crippen molar-refractivity contribution in [2.45, 2.75) is 43.7 Å². The molecular formula is C13H17Cl2NO3S. The van der Waals surface area contributed by atoms with Gasteiger partial charge in [-0.15, -0.1) is 0 Å². The summed E-state index contributed by atoms with van der Waals surface area (Å²) in [6.07, 6.45) is 2.50. The SMILES string of the molecule is CCC1CCCN1S(=O)(=O)c1ccc(Cl)c(CO)c1Cl. The molecule has 2 rings (SSSR count). The Hall–Kier alpha value is -0.330. The van der Waals surface area contributed by atoms with Crippen molar-refractivity contribution in [1.29, 1.82) is 0 Å². The van der Waals surface area contributed by atoms with E-state index >= 15 is 0 Å². The summed E-state index contributed by atoms with van der Waals surface area (Å²) in [6, 6.07) is 2.89. The highest BCUT2D eigenvalue weighted by atomic mass is 35.5. The maximum Gasteiger partial charge on any atom is 0.244 e. The molecule has 0 amide bonds. The smallest absolute Gasteiger partial charge is 0.244 e. The average molecular weight is 338 g/mol. The maximum atomic E-state index is 12.7. The highest BCUT2D eigenvalue weighted by Crippen LogP contribution is 2.35. The number of rotatable bonds is 4. The number of aliphatic hydroxyl groups is 1. The molecule has 7 heteroatoms. The summed E-state index contributed by atoms with van der Waals surface area (Å²) in [5.74, 6) is 0. The second-order valence-electron chi connectivity index (χ2n) is 4.82. The lowest BCUT2D eigenvalue weighted by Gasteiger charge is -2.24. The standard InChI is InChI=1S/C13H17Cl2NO3S/c1-2-9-4-3-7-16(9)20(18,19)12-6-5-11(14)10(8-17)13(12)15/h5-6,9,17H,2-4,7-8H2,1H3. The number of halogens is 2. The minimum Gasteiger partial charge on any atom is -0.392 e. The quantitative estimate of drug-likeness (QED) is 0.918. The van der Waals surface area contributed by atoms with Crippen LogP contribution in [0.5, 0.6) is 0 Å². The van der Waals surface area contributed by atoms with Gasteiger partial charge >= 0.3 is 0 Å². The van der Waals surface area contributed by atoms with Gasteiger partial charge in [0, 0.05) is 23.2 Å². The minimum absolute atomic E-state index is 0.0155. The van der Waals surface area contributed by atoms with Crippen LogP contribution in [0.25, 0.3) is 0 Å². The molecule has 1 atom stereocenters. The van der Waals surface area contributed by atoms with Crippen LogP contribution in [0.3, 0.4) is 0 Å². The summed E-state index contributed by atoms with van der Waals surface area (Å²) in [6.45, 7) is 2.09. The summed E-state index contributed by atoms with van der Waals surface area (Å²) >= 11 is 12.0. The van der Waals surface area contributed by atoms with Crippen LogP contribution in [-0.2, 0) is 16.6 Å². The predicted octanol–water partition coefficient (Wildman–Crippen LogP) is 3.05. The molecule has 0 aromatic heterocycles. The first-order chi connectivity index (χ1) is 9.43. The van der Waals surface area contributed by atoms with E-state index in [0.29, 0.717) is 6.54 Å². The van der Waals surface area contributed by atoms with Crippen LogP contribution in [0.15, 0.2) is 17.0 Å². The molecule has 0 spiro atoms. The Balaban J connectivity index is 2.50. The Morgan fingerprint density at radius 3 is 2.70 bits per heavy atom. The van der Waals surface area contributed by atoms with Crippen LogP contribution < -0.4 is 0 Å². The third-order valence-electron chi connectivity index (χ3n) is 3.69. The van der Waals surface area contributed by atoms with E-state index in [2.05, 4.69) is 0 Å². The fourth-order valence-corrected chi connectivity index (χ4v) is 5.22. The molecule has 0 aliphatic carbocycles. The van der Waals surface area contributed by atoms with Gasteiger partial charge in [0.05, 0.1) is 11.6 Å². The Morgan fingerprint density at radius 2 is 2.10 bits per heavy atom. The van der Waals surface area contributed by atoms with Crippen molar-refractivity contribution in [1.82, 2.24) is 4.31 Å². The highest BCUT2D eigenvalue weighted by Gasteiger charge is 2.35. The Labute approximate surface area is 129 Å². The monoisotopic (exact) mass is 337 g/mol. The summed E-state index contributed by atoms with van der Waals surface area (Å²) in [5.41, 5.74) is 0.252. The van der Waals surface area contributed by atoms with E-state index in [1.165, 1.54) is 16.4 Å². The fraction of sp³-hybridized carbons (Fsp3) is 0.538. The number of hydrogen-bond donors (Lipinski definition) is 1. The normalized spacial score (nSPS) is 20.5. The number of sulfonamides is 1. The first-order valence-corrected chi connectivity index (χ1v) is 8.72. The van der Waals surface area contributed by atoms with Gasteiger partial charge in [-0.2, -0.15) is 4.31 Å². The second-order valence-corrected chi connectivity index (χ2v) is 7.46. The van der Waals surface area contributed by atoms with E-state index in [1.54, 1.807) is 0 Å². The van der Waals surface area contributed by atoms with Crippen LogP contribution in [-0.4, -0.2) is 30.4 Å². The zero-order valence-corrected chi connectivity index (χ0v) is 13.5. The molecule has 1 N–H and O–H groups in total. The van der Waals surface area contributed by atoms with Crippen LogP contribution in [0.1, 0.15) is 31.7 Å². The molecule has 0 saturated carbocycles. The number of aliphatic hydroxyl groups excluding tert-OH is 1. The predicted molar refractivity (Wildman–Crippen MR) is 79.6 cm³/mol. The molecule has 1 heterocycles. The molecule has 1 aromatic carbocycles. The summed E-state index contributed by atoms with van der Waals surface area (Å²) in [5, 5.41) is 9.56. The number of hydrogen-bond acceptors (Lipinski definition) is 3. The van der Waals surface area contributed by atoms with E-state index in [9.17, 15) is 13.5 Å². The van der Waals surface area contributed by atoms with Crippen LogP contribution in [0.2, 0.25) is 10.0 Å². The first-order valence-electron chi connectivity index (χ1n) is 6.53. The molecule has 4 nitrogen and oxygen atoms in total. The number of nitrogens with zero attached hydrogens (tertiary/aromatic N) is 1. The zero-order chi connectivity index (χ0) is 14.9. The van der Waals surface area contributed by atoms with Gasteiger partial charge < -0.3 is 5.11 Å². The van der Waals surface area contributed by atoms with Gasteiger partial charge in [-0.3, -0.25) is 0 Å². The Morgan fingerprint density at radius 1 is 1.40 bits per heavy atom. The van der Waals surface area contributed by atoms with Crippen LogP contribution >= 0.6 is 23.2 Å². The fourth-order valence-electron chi connectivity index (χ4n) is 2.58. The van der Waals surface area contributed by atoms with Crippen molar-refractivity contribution < 1.29 is 13.5 Å². The molecule has 1 saturated heterocycles. The van der Waals surface area contributed by atoms with Gasteiger partial charge in [0.25, 0.3) is 0 Å². The lowest BCUT2D eigenvalue weighted by molar-refractivity contribution is 0.281. The van der Waals surface area contributed by atoms with Gasteiger partial charge in [0.1, 0.15) is 4.90 Å². The lowest BCUT2D eigenvalue weighted by Crippen LogP contribution is -2.35. The van der Waals surface area contributed by atoms with Gasteiger partial charge in [0.2, 0.25) is 10.0 Å². The van der Waals surface area contributed by atoms with Crippen molar-refractivity contribution in [3.05, 3.63) is 27.7 Å². The van der Waals surface area contributed by atoms with E-state index in [-0.39, 0.29) is 26.5 Å². The molecule has 0 radical (unpaired) electrons. The second kappa shape index (κ2) is 6.20. The van der Waals surface area contributed by atoms with Crippen molar-refractivity contribution in [2.75, 3.05) is 6.54 Å². The minimum atomic E-state index is -3.65. The maximum absolute atomic E-state index is 12.7. The topological polar surface area (TPSA) is 57.6 Å². The molecule has 20 heavy (non-hydrogen) atoms. The Kier molecular flexibility index (Phi) is 4.97. The summed E-state index contributed by atoms with van der Waals surface area (Å²) < 4.78 is 26.9. The van der Waals surface area contributed by atoms with Crippen LogP contribution in [0, 0.1) is 0 Å². The van der Waals surface area contributed by atoms with Crippen molar-refractivity contribution >= 4 is 33.2 Å². The van der Waals surface area contributed by atoms with E-state index < -0.39 is 16.6 Å². The molecule has 1 fully saturated rings. The molecule has 1 aliphatic rings. The molecule has 1 aromatic rings. The van der Waals surface area contributed by atoms with Gasteiger partial charge in [-0.1, -0.05) is 30.1 Å². The van der Waals surface area contributed by atoms with Gasteiger partial charge in [-0.25, -0.2) is 8.42 Å². The van der Waals surface area contributed by atoms with Crippen molar-refractivity contribution in [3.8, 4) is 0 Å². The largest absolute Gasteiger partial charge is 0.392 e. The Bertz CT molecular complexity index is 604. The van der Waals surface area contributed by atoms with Crippen LogP contribution in [0.4, 0.5) is 0 Å². The zero-order valence-electron chi connectivity index (χ0n) is 11.1. The highest BCUT2D eigenvalue weighted by molar-refractivity contribution is 7.89. The summed E-state index contributed by atoms with van der Waals surface area (Å²) in [7, 11) is -3.65. The van der Waals surface area contributed by atoms with Gasteiger partial charge in [-0.05, 0) is 31.4 Å². The van der Waals surface area contributed by atoms with Crippen molar-refractivity contribution in [2.24, 2.45) is 0 Å². The average Bonchev–Trinajstić information content (AvgIpc) is 2.88. The molecule has 0 bridgehead atoms. The molecular weight excluding hydrogens is 321 g/mol. The van der Waals surface area contributed by atoms with Crippen molar-refractivity contribution in [3.63, 3.8) is 0 Å². The third kappa shape index (κ3) is 2.70. The van der Waals surface area contributed by atoms with E-state index in [0.717, 1.165) is 19.3 Å². The molecule has 1 unspecified atom stereocenters.